The molecule has 0 aromatic heterocycles. The second kappa shape index (κ2) is 9.72. The van der Waals surface area contributed by atoms with Gasteiger partial charge in [0.05, 0.1) is 12.6 Å². The maximum absolute atomic E-state index is 13.5. The fraction of sp³-hybridized carbons (Fsp3) is 0.400. The summed E-state index contributed by atoms with van der Waals surface area (Å²) in [4.78, 5) is 42.5. The van der Waals surface area contributed by atoms with Crippen LogP contribution in [0.15, 0.2) is 54.6 Å². The first-order chi connectivity index (χ1) is 15.9. The van der Waals surface area contributed by atoms with Crippen LogP contribution in [-0.4, -0.2) is 63.9 Å². The van der Waals surface area contributed by atoms with Crippen molar-refractivity contribution in [2.24, 2.45) is 0 Å². The van der Waals surface area contributed by atoms with Gasteiger partial charge < -0.3 is 10.2 Å². The Labute approximate surface area is 194 Å². The summed E-state index contributed by atoms with van der Waals surface area (Å²) < 4.78 is 0. The van der Waals surface area contributed by atoms with Gasteiger partial charge in [-0.15, -0.1) is 0 Å². The molecule has 4 amide bonds. The predicted molar refractivity (Wildman–Crippen MR) is 125 cm³/mol. The number of likely N-dealkylation sites (N-methyl/N-ethyl adjacent to an activating group) is 1. The monoisotopic (exact) mass is 449 g/mol. The predicted octanol–water partition coefficient (Wildman–Crippen LogP) is 2.04. The Morgan fingerprint density at radius 3 is 2.39 bits per heavy atom. The largest absolute Gasteiger partial charge is 0.350 e. The number of urea groups is 1. The second-order valence-electron chi connectivity index (χ2n) is 8.72. The highest BCUT2D eigenvalue weighted by Crippen LogP contribution is 2.29. The number of aryl methyl sites for hydroxylation is 1. The van der Waals surface area contributed by atoms with Gasteiger partial charge in [-0.2, -0.15) is 0 Å². The third-order valence-corrected chi connectivity index (χ3v) is 6.34. The molecular formula is C25H31N5O3. The van der Waals surface area contributed by atoms with E-state index in [1.807, 2.05) is 80.4 Å². The Bertz CT molecular complexity index is 1010. The van der Waals surface area contributed by atoms with E-state index in [-0.39, 0.29) is 30.9 Å². The number of hydrogen-bond acceptors (Lipinski definition) is 5. The molecule has 0 aliphatic carbocycles. The Balaban J connectivity index is 1.53. The molecule has 3 unspecified atom stereocenters. The third-order valence-electron chi connectivity index (χ3n) is 6.34. The first kappa shape index (κ1) is 22.9. The van der Waals surface area contributed by atoms with Crippen molar-refractivity contribution in [3.63, 3.8) is 0 Å². The molecule has 8 nitrogen and oxygen atoms in total. The van der Waals surface area contributed by atoms with Crippen LogP contribution >= 0.6 is 0 Å². The molecule has 3 atom stereocenters. The van der Waals surface area contributed by atoms with Crippen molar-refractivity contribution in [1.29, 1.82) is 0 Å². The summed E-state index contributed by atoms with van der Waals surface area (Å²) >= 11 is 0. The van der Waals surface area contributed by atoms with Crippen molar-refractivity contribution in [3.8, 4) is 0 Å². The SMILES string of the molecule is CCN1NC(C)C2C1C(=O)N(Cc1ccccc1)C(=O)N2CC(=O)NCc1ccc(C)cc1. The Kier molecular flexibility index (Phi) is 6.76. The number of amides is 4. The number of nitrogens with one attached hydrogen (secondary N) is 2. The molecule has 2 aromatic rings. The number of carbonyl (C=O) groups excluding carboxylic acids is 3. The zero-order valence-corrected chi connectivity index (χ0v) is 19.3. The minimum atomic E-state index is -0.531. The van der Waals surface area contributed by atoms with Crippen LogP contribution in [0.3, 0.4) is 0 Å². The van der Waals surface area contributed by atoms with Gasteiger partial charge in [0.2, 0.25) is 5.91 Å². The minimum Gasteiger partial charge on any atom is -0.350 e. The van der Waals surface area contributed by atoms with E-state index in [0.29, 0.717) is 13.1 Å². The van der Waals surface area contributed by atoms with E-state index in [1.165, 1.54) is 4.90 Å². The maximum Gasteiger partial charge on any atom is 0.327 e. The Morgan fingerprint density at radius 2 is 1.73 bits per heavy atom. The van der Waals surface area contributed by atoms with Crippen molar-refractivity contribution in [3.05, 3.63) is 71.3 Å². The van der Waals surface area contributed by atoms with Crippen LogP contribution < -0.4 is 10.7 Å². The quantitative estimate of drug-likeness (QED) is 0.676. The molecule has 2 saturated heterocycles. The van der Waals surface area contributed by atoms with Gasteiger partial charge in [-0.05, 0) is 25.0 Å². The molecular weight excluding hydrogens is 418 g/mol. The van der Waals surface area contributed by atoms with Crippen LogP contribution in [0.25, 0.3) is 0 Å². The lowest BCUT2D eigenvalue weighted by molar-refractivity contribution is -0.140. The Hall–Kier alpha value is -3.23. The van der Waals surface area contributed by atoms with Gasteiger partial charge in [0.15, 0.2) is 0 Å². The molecule has 2 aromatic carbocycles. The van der Waals surface area contributed by atoms with Crippen LogP contribution in [0.4, 0.5) is 4.79 Å². The van der Waals surface area contributed by atoms with Crippen molar-refractivity contribution in [2.45, 2.75) is 52.0 Å². The first-order valence-electron chi connectivity index (χ1n) is 11.4. The smallest absolute Gasteiger partial charge is 0.327 e. The number of fused-ring (bicyclic) bond motifs is 1. The van der Waals surface area contributed by atoms with Gasteiger partial charge in [0.1, 0.15) is 12.6 Å². The number of hydrogen-bond donors (Lipinski definition) is 2. The molecule has 8 heteroatoms. The lowest BCUT2D eigenvalue weighted by Gasteiger charge is -2.43. The van der Waals surface area contributed by atoms with Crippen molar-refractivity contribution in [2.75, 3.05) is 13.1 Å². The van der Waals surface area contributed by atoms with E-state index in [9.17, 15) is 14.4 Å². The van der Waals surface area contributed by atoms with Gasteiger partial charge >= 0.3 is 6.03 Å². The summed E-state index contributed by atoms with van der Waals surface area (Å²) in [6.45, 7) is 6.99. The number of nitrogens with zero attached hydrogens (tertiary/aromatic N) is 3. The maximum atomic E-state index is 13.5. The number of carbonyl (C=O) groups is 3. The van der Waals surface area contributed by atoms with E-state index in [2.05, 4.69) is 10.7 Å². The molecule has 2 heterocycles. The zero-order chi connectivity index (χ0) is 23.5. The normalized spacial score (nSPS) is 23.1. The van der Waals surface area contributed by atoms with E-state index >= 15 is 0 Å². The van der Waals surface area contributed by atoms with E-state index in [0.717, 1.165) is 16.7 Å². The summed E-state index contributed by atoms with van der Waals surface area (Å²) in [7, 11) is 0. The average molecular weight is 450 g/mol. The number of imide groups is 1. The van der Waals surface area contributed by atoms with E-state index in [4.69, 9.17) is 0 Å². The molecule has 0 bridgehead atoms. The standard InChI is InChI=1S/C25H31N5O3/c1-4-30-23-22(18(3)27-30)28(16-21(31)26-14-19-12-10-17(2)11-13-19)25(33)29(24(23)32)15-20-8-6-5-7-9-20/h5-13,18,22-23,27H,4,14-16H2,1-3H3,(H,26,31). The zero-order valence-electron chi connectivity index (χ0n) is 19.3. The fourth-order valence-electron chi connectivity index (χ4n) is 4.62. The molecule has 33 heavy (non-hydrogen) atoms. The van der Waals surface area contributed by atoms with Crippen LogP contribution in [0.5, 0.6) is 0 Å². The van der Waals surface area contributed by atoms with Gasteiger partial charge in [-0.1, -0.05) is 67.1 Å². The highest BCUT2D eigenvalue weighted by atomic mass is 16.2. The molecule has 0 radical (unpaired) electrons. The molecule has 2 N–H and O–H groups in total. The first-order valence-corrected chi connectivity index (χ1v) is 11.4. The van der Waals surface area contributed by atoms with Gasteiger partial charge in [-0.3, -0.25) is 14.5 Å². The van der Waals surface area contributed by atoms with Crippen LogP contribution in [-0.2, 0) is 22.7 Å². The second-order valence-corrected chi connectivity index (χ2v) is 8.72. The summed E-state index contributed by atoms with van der Waals surface area (Å²) in [6, 6.07) is 15.8. The molecule has 4 rings (SSSR count). The van der Waals surface area contributed by atoms with Gasteiger partial charge in [0.25, 0.3) is 5.91 Å². The van der Waals surface area contributed by atoms with Gasteiger partial charge in [-0.25, -0.2) is 15.2 Å². The summed E-state index contributed by atoms with van der Waals surface area (Å²) in [5.41, 5.74) is 6.32. The average Bonchev–Trinajstić information content (AvgIpc) is 3.16. The number of rotatable bonds is 7. The highest BCUT2D eigenvalue weighted by molar-refractivity contribution is 6.02. The molecule has 2 fully saturated rings. The van der Waals surface area contributed by atoms with E-state index in [1.54, 1.807) is 4.90 Å². The Morgan fingerprint density at radius 1 is 1.03 bits per heavy atom. The highest BCUT2D eigenvalue weighted by Gasteiger charge is 2.54. The van der Waals surface area contributed by atoms with Crippen molar-refractivity contribution < 1.29 is 14.4 Å². The molecule has 2 aliphatic heterocycles. The topological polar surface area (TPSA) is 85.0 Å². The minimum absolute atomic E-state index is 0.103. The van der Waals surface area contributed by atoms with Gasteiger partial charge in [0, 0.05) is 19.1 Å². The lowest BCUT2D eigenvalue weighted by atomic mass is 9.97. The van der Waals surface area contributed by atoms with Crippen LogP contribution in [0.1, 0.15) is 30.5 Å². The summed E-state index contributed by atoms with van der Waals surface area (Å²) in [6.07, 6.45) is 0. The molecule has 2 aliphatic rings. The van der Waals surface area contributed by atoms with Crippen LogP contribution in [0.2, 0.25) is 0 Å². The number of benzene rings is 2. The van der Waals surface area contributed by atoms with Crippen LogP contribution in [0, 0.1) is 6.92 Å². The fourth-order valence-corrected chi connectivity index (χ4v) is 4.62. The molecule has 174 valence electrons. The summed E-state index contributed by atoms with van der Waals surface area (Å²) in [5, 5.41) is 4.79. The third kappa shape index (κ3) is 4.77. The van der Waals surface area contributed by atoms with E-state index < -0.39 is 18.1 Å². The number of hydrazine groups is 1. The van der Waals surface area contributed by atoms with Crippen molar-refractivity contribution in [1.82, 2.24) is 25.6 Å². The lowest BCUT2D eigenvalue weighted by Crippen LogP contribution is -2.67. The van der Waals surface area contributed by atoms with Crippen molar-refractivity contribution >= 4 is 17.8 Å². The summed E-state index contributed by atoms with van der Waals surface area (Å²) in [5.74, 6) is -0.484. The molecule has 0 spiro atoms. The molecule has 0 saturated carbocycles.